The van der Waals surface area contributed by atoms with Crippen LogP contribution in [0.5, 0.6) is 0 Å². The number of anilines is 2. The van der Waals surface area contributed by atoms with Crippen LogP contribution in [0, 0.1) is 34.8 Å². The Balaban J connectivity index is 0.000000215. The highest BCUT2D eigenvalue weighted by molar-refractivity contribution is 14.1. The summed E-state index contributed by atoms with van der Waals surface area (Å²) in [5.41, 5.74) is 11.1. The van der Waals surface area contributed by atoms with E-state index < -0.39 is 5.24 Å². The van der Waals surface area contributed by atoms with Gasteiger partial charge < -0.3 is 11.1 Å². The van der Waals surface area contributed by atoms with Crippen LogP contribution < -0.4 is 11.1 Å². The van der Waals surface area contributed by atoms with Crippen molar-refractivity contribution in [3.63, 3.8) is 0 Å². The molecule has 0 aliphatic heterocycles. The lowest BCUT2D eigenvalue weighted by Crippen LogP contribution is -2.13. The predicted molar refractivity (Wildman–Crippen MR) is 168 cm³/mol. The quantitative estimate of drug-likeness (QED) is 0.168. The van der Waals surface area contributed by atoms with Gasteiger partial charge in [0.25, 0.3) is 11.1 Å². The van der Waals surface area contributed by atoms with E-state index in [4.69, 9.17) is 17.3 Å². The number of nitrogens with one attached hydrogen (secondary N) is 1. The molecular weight excluding hydrogens is 714 g/mol. The Morgan fingerprint density at radius 2 is 1.27 bits per heavy atom. The first-order chi connectivity index (χ1) is 17.5. The second kappa shape index (κ2) is 15.0. The zero-order valence-electron chi connectivity index (χ0n) is 20.9. The molecule has 0 atom stereocenters. The van der Waals surface area contributed by atoms with E-state index in [-0.39, 0.29) is 5.91 Å². The summed E-state index contributed by atoms with van der Waals surface area (Å²) in [6, 6.07) is 18.5. The molecule has 1 amide bonds. The van der Waals surface area contributed by atoms with Crippen LogP contribution in [-0.2, 0) is 0 Å². The van der Waals surface area contributed by atoms with Gasteiger partial charge in [-0.15, -0.1) is 0 Å². The predicted octanol–water partition coefficient (Wildman–Crippen LogP) is 7.51. The van der Waals surface area contributed by atoms with Crippen LogP contribution in [0.4, 0.5) is 11.6 Å². The first kappa shape index (κ1) is 30.7. The molecule has 0 aliphatic carbocycles. The van der Waals surface area contributed by atoms with Crippen LogP contribution in [0.2, 0.25) is 0 Å². The third-order valence-electron chi connectivity index (χ3n) is 4.93. The largest absolute Gasteiger partial charge is 0.384 e. The van der Waals surface area contributed by atoms with Gasteiger partial charge in [0.15, 0.2) is 0 Å². The second-order valence-corrected chi connectivity index (χ2v) is 10.8. The first-order valence-corrected chi connectivity index (χ1v) is 13.6. The fraction of sp³-hybridized carbons (Fsp3) is 0.143. The normalized spacial score (nSPS) is 9.81. The lowest BCUT2D eigenvalue weighted by atomic mass is 10.1. The number of nitrogen functional groups attached to an aromatic ring is 1. The summed E-state index contributed by atoms with van der Waals surface area (Å²) in [5.74, 6) is 1.03. The second-order valence-electron chi connectivity index (χ2n) is 8.13. The lowest BCUT2D eigenvalue weighted by molar-refractivity contribution is 0.102. The van der Waals surface area contributed by atoms with Gasteiger partial charge in [-0.25, -0.2) is 9.97 Å². The highest BCUT2D eigenvalue weighted by Gasteiger charge is 2.08. The molecule has 0 unspecified atom stereocenters. The van der Waals surface area contributed by atoms with Crippen LogP contribution in [0.25, 0.3) is 0 Å². The van der Waals surface area contributed by atoms with Crippen molar-refractivity contribution >= 4 is 79.6 Å². The first-order valence-electron chi connectivity index (χ1n) is 11.1. The van der Waals surface area contributed by atoms with Crippen molar-refractivity contribution in [2.75, 3.05) is 11.1 Å². The number of rotatable bonds is 3. The zero-order valence-corrected chi connectivity index (χ0v) is 25.9. The molecule has 3 N–H and O–H groups in total. The van der Waals surface area contributed by atoms with Gasteiger partial charge in [-0.05, 0) is 155 Å². The number of hydrogen-bond acceptors (Lipinski definition) is 5. The molecule has 37 heavy (non-hydrogen) atoms. The number of carbonyl (C=O) groups is 2. The summed E-state index contributed by atoms with van der Waals surface area (Å²) < 4.78 is 2.14. The summed E-state index contributed by atoms with van der Waals surface area (Å²) in [7, 11) is 0. The molecule has 2 aromatic heterocycles. The number of benzene rings is 2. The fourth-order valence-corrected chi connectivity index (χ4v) is 3.95. The van der Waals surface area contributed by atoms with Gasteiger partial charge in [0, 0.05) is 30.7 Å². The van der Waals surface area contributed by atoms with E-state index in [9.17, 15) is 9.59 Å². The number of hydrogen-bond donors (Lipinski definition) is 2. The molecule has 2 aromatic carbocycles. The fourth-order valence-electron chi connectivity index (χ4n) is 2.80. The maximum absolute atomic E-state index is 12.0. The monoisotopic (exact) mass is 740 g/mol. The average Bonchev–Trinajstić information content (AvgIpc) is 2.83. The maximum atomic E-state index is 12.0. The molecule has 0 bridgehead atoms. The van der Waals surface area contributed by atoms with Crippen molar-refractivity contribution in [3.05, 3.63) is 114 Å². The molecule has 192 valence electrons. The standard InChI is InChI=1S/C14H13IN2O.C8H6ClIO.C6H8N2/c1-9-5-6-16-13(7-9)17-14(18)11-4-3-10(2)12(15)8-11;1-5-2-3-6(8(9)11)4-7(5)10;1-5-2-3-8-6(7)4-5/h3-8H,1-2H3,(H,16,17,18);2-4H,1H3;2-4H,1H3,(H2,7,8). The number of halogens is 3. The van der Waals surface area contributed by atoms with E-state index in [2.05, 4.69) is 60.5 Å². The number of nitrogens with two attached hydrogens (primary N) is 1. The van der Waals surface area contributed by atoms with Crippen molar-refractivity contribution in [1.29, 1.82) is 0 Å². The highest BCUT2D eigenvalue weighted by Crippen LogP contribution is 2.16. The van der Waals surface area contributed by atoms with Gasteiger partial charge in [0.05, 0.1) is 0 Å². The molecule has 9 heteroatoms. The number of nitrogens with zero attached hydrogens (tertiary/aromatic N) is 2. The van der Waals surface area contributed by atoms with E-state index >= 15 is 0 Å². The van der Waals surface area contributed by atoms with Crippen molar-refractivity contribution in [2.24, 2.45) is 0 Å². The Bertz CT molecular complexity index is 1380. The molecule has 0 aliphatic rings. The van der Waals surface area contributed by atoms with E-state index in [1.165, 1.54) is 5.56 Å². The molecule has 0 spiro atoms. The van der Waals surface area contributed by atoms with Crippen molar-refractivity contribution < 1.29 is 9.59 Å². The van der Waals surface area contributed by atoms with Crippen LogP contribution >= 0.6 is 56.8 Å². The van der Waals surface area contributed by atoms with Gasteiger partial charge in [0.2, 0.25) is 0 Å². The minimum atomic E-state index is -0.400. The van der Waals surface area contributed by atoms with Gasteiger partial charge in [0.1, 0.15) is 11.6 Å². The molecule has 2 heterocycles. The van der Waals surface area contributed by atoms with E-state index in [1.54, 1.807) is 24.5 Å². The SMILES string of the molecule is Cc1ccc(C(=O)Cl)cc1I.Cc1ccnc(N)c1.Cc1ccnc(NC(=O)c2ccc(C)c(I)c2)c1. The van der Waals surface area contributed by atoms with Crippen LogP contribution in [-0.4, -0.2) is 21.1 Å². The molecule has 0 saturated heterocycles. The molecule has 0 fully saturated rings. The topological polar surface area (TPSA) is 98.0 Å². The Morgan fingerprint density at radius 3 is 1.73 bits per heavy atom. The molecule has 4 aromatic rings. The molecule has 0 radical (unpaired) electrons. The third-order valence-corrected chi connectivity index (χ3v) is 7.47. The van der Waals surface area contributed by atoms with E-state index in [1.807, 2.05) is 76.2 Å². The van der Waals surface area contributed by atoms with Gasteiger partial charge in [-0.1, -0.05) is 12.1 Å². The molecule has 0 saturated carbocycles. The van der Waals surface area contributed by atoms with Crippen LogP contribution in [0.1, 0.15) is 43.0 Å². The van der Waals surface area contributed by atoms with Crippen molar-refractivity contribution in [2.45, 2.75) is 27.7 Å². The Labute approximate surface area is 249 Å². The number of pyridine rings is 2. The molecular formula is C28H27ClI2N4O2. The number of carbonyl (C=O) groups excluding carboxylic acids is 2. The van der Waals surface area contributed by atoms with Gasteiger partial charge >= 0.3 is 0 Å². The average molecular weight is 741 g/mol. The van der Waals surface area contributed by atoms with Gasteiger partial charge in [-0.2, -0.15) is 0 Å². The third kappa shape index (κ3) is 10.7. The summed E-state index contributed by atoms with van der Waals surface area (Å²) in [6.45, 7) is 7.96. The lowest BCUT2D eigenvalue weighted by Gasteiger charge is -2.06. The van der Waals surface area contributed by atoms with Gasteiger partial charge in [-0.3, -0.25) is 9.59 Å². The van der Waals surface area contributed by atoms with Crippen molar-refractivity contribution in [3.8, 4) is 0 Å². The maximum Gasteiger partial charge on any atom is 0.256 e. The molecule has 6 nitrogen and oxygen atoms in total. The summed E-state index contributed by atoms with van der Waals surface area (Å²) in [6.07, 6.45) is 3.38. The molecule has 4 rings (SSSR count). The number of aromatic nitrogens is 2. The highest BCUT2D eigenvalue weighted by atomic mass is 127. The van der Waals surface area contributed by atoms with E-state index in [0.717, 1.165) is 23.8 Å². The summed E-state index contributed by atoms with van der Waals surface area (Å²) in [4.78, 5) is 30.6. The minimum Gasteiger partial charge on any atom is -0.384 e. The summed E-state index contributed by atoms with van der Waals surface area (Å²) in [5, 5.41) is 2.39. The zero-order chi connectivity index (χ0) is 27.5. The van der Waals surface area contributed by atoms with Crippen LogP contribution in [0.3, 0.4) is 0 Å². The number of aryl methyl sites for hydroxylation is 4. The smallest absolute Gasteiger partial charge is 0.256 e. The Morgan fingerprint density at radius 1 is 0.757 bits per heavy atom. The van der Waals surface area contributed by atoms with Crippen molar-refractivity contribution in [1.82, 2.24) is 9.97 Å². The summed E-state index contributed by atoms with van der Waals surface area (Å²) >= 11 is 9.68. The minimum absolute atomic E-state index is 0.133. The van der Waals surface area contributed by atoms with E-state index in [0.29, 0.717) is 22.8 Å². The Kier molecular flexibility index (Phi) is 12.4. The number of amides is 1. The van der Waals surface area contributed by atoms with Crippen LogP contribution in [0.15, 0.2) is 73.1 Å². The Hall–Kier alpha value is -2.57.